The highest BCUT2D eigenvalue weighted by Gasteiger charge is 2.34. The van der Waals surface area contributed by atoms with Crippen molar-refractivity contribution < 1.29 is 19.1 Å². The van der Waals surface area contributed by atoms with Crippen LogP contribution >= 0.6 is 0 Å². The Morgan fingerprint density at radius 3 is 2.89 bits per heavy atom. The molecule has 0 spiro atoms. The van der Waals surface area contributed by atoms with Crippen LogP contribution in [0.4, 0.5) is 0 Å². The lowest BCUT2D eigenvalue weighted by atomic mass is 9.94. The van der Waals surface area contributed by atoms with Crippen LogP contribution in [-0.4, -0.2) is 53.3 Å². The summed E-state index contributed by atoms with van der Waals surface area (Å²) in [6.07, 6.45) is 1.30. The van der Waals surface area contributed by atoms with Crippen molar-refractivity contribution in [3.8, 4) is 11.5 Å². The number of carbonyl (C=O) groups is 2. The van der Waals surface area contributed by atoms with E-state index in [0.29, 0.717) is 51.3 Å². The number of benzene rings is 2. The van der Waals surface area contributed by atoms with Gasteiger partial charge in [-0.2, -0.15) is 5.10 Å². The number of ether oxygens (including phenoxy) is 2. The first-order chi connectivity index (χ1) is 17.1. The Morgan fingerprint density at radius 2 is 2.06 bits per heavy atom. The fourth-order valence-electron chi connectivity index (χ4n) is 4.92. The molecule has 0 fully saturated rings. The number of para-hydroxylation sites is 1. The normalized spacial score (nSPS) is 16.6. The van der Waals surface area contributed by atoms with Gasteiger partial charge in [0.25, 0.3) is 5.91 Å². The Morgan fingerprint density at radius 1 is 1.20 bits per heavy atom. The van der Waals surface area contributed by atoms with E-state index in [-0.39, 0.29) is 17.7 Å². The minimum absolute atomic E-state index is 0.0625. The van der Waals surface area contributed by atoms with Crippen LogP contribution in [0.25, 0.3) is 0 Å². The average Bonchev–Trinajstić information content (AvgIpc) is 3.25. The van der Waals surface area contributed by atoms with Crippen LogP contribution in [0.2, 0.25) is 0 Å². The van der Waals surface area contributed by atoms with Gasteiger partial charge in [0.15, 0.2) is 5.69 Å². The van der Waals surface area contributed by atoms with E-state index in [1.54, 1.807) is 7.11 Å². The molecule has 0 bridgehead atoms. The van der Waals surface area contributed by atoms with E-state index in [0.717, 1.165) is 33.9 Å². The predicted octanol–water partition coefficient (Wildman–Crippen LogP) is 2.83. The van der Waals surface area contributed by atoms with Gasteiger partial charge >= 0.3 is 0 Å². The lowest BCUT2D eigenvalue weighted by Gasteiger charge is -2.33. The minimum Gasteiger partial charge on any atom is -0.497 e. The van der Waals surface area contributed by atoms with Crippen LogP contribution in [0.3, 0.4) is 0 Å². The summed E-state index contributed by atoms with van der Waals surface area (Å²) in [4.78, 5) is 28.2. The first-order valence-electron chi connectivity index (χ1n) is 12.1. The monoisotopic (exact) mass is 474 g/mol. The van der Waals surface area contributed by atoms with Crippen LogP contribution in [0.15, 0.2) is 48.5 Å². The maximum atomic E-state index is 13.5. The Bertz CT molecular complexity index is 1250. The fraction of sp³-hybridized carbons (Fsp3) is 0.370. The van der Waals surface area contributed by atoms with Crippen molar-refractivity contribution in [2.75, 3.05) is 26.8 Å². The van der Waals surface area contributed by atoms with Gasteiger partial charge in [0.1, 0.15) is 18.1 Å². The molecule has 3 heterocycles. The summed E-state index contributed by atoms with van der Waals surface area (Å²) in [5.74, 6) is 1.26. The third-order valence-electron chi connectivity index (χ3n) is 6.69. The summed E-state index contributed by atoms with van der Waals surface area (Å²) in [6.45, 7) is 4.25. The number of amides is 2. The van der Waals surface area contributed by atoms with Crippen molar-refractivity contribution in [3.05, 3.63) is 76.6 Å². The topological polar surface area (TPSA) is 85.7 Å². The second kappa shape index (κ2) is 9.82. The van der Waals surface area contributed by atoms with Crippen LogP contribution in [0.1, 0.15) is 39.8 Å². The highest BCUT2D eigenvalue weighted by molar-refractivity contribution is 5.94. The minimum atomic E-state index is -0.230. The molecule has 0 saturated carbocycles. The molecule has 1 N–H and O–H groups in total. The van der Waals surface area contributed by atoms with E-state index in [1.165, 1.54) is 0 Å². The SMILES string of the molecule is CCNC(=O)c1nn(Cc2cccc(OC)c2)c2c1CN(C(=O)C1COc3ccccc3C1)CC2. The molecule has 2 aliphatic heterocycles. The summed E-state index contributed by atoms with van der Waals surface area (Å²) in [6, 6.07) is 15.7. The molecule has 2 aromatic carbocycles. The molecular weight excluding hydrogens is 444 g/mol. The third kappa shape index (κ3) is 4.60. The summed E-state index contributed by atoms with van der Waals surface area (Å²) in [5.41, 5.74) is 4.32. The lowest BCUT2D eigenvalue weighted by molar-refractivity contribution is -0.137. The smallest absolute Gasteiger partial charge is 0.272 e. The van der Waals surface area contributed by atoms with Gasteiger partial charge in [-0.3, -0.25) is 14.3 Å². The molecule has 2 aliphatic rings. The van der Waals surface area contributed by atoms with E-state index in [4.69, 9.17) is 14.6 Å². The van der Waals surface area contributed by atoms with Crippen molar-refractivity contribution >= 4 is 11.8 Å². The molecule has 182 valence electrons. The van der Waals surface area contributed by atoms with Crippen LogP contribution in [-0.2, 0) is 30.7 Å². The van der Waals surface area contributed by atoms with Crippen molar-refractivity contribution in [2.45, 2.75) is 32.9 Å². The number of hydrogen-bond acceptors (Lipinski definition) is 5. The zero-order valence-corrected chi connectivity index (χ0v) is 20.1. The molecule has 0 saturated heterocycles. The zero-order valence-electron chi connectivity index (χ0n) is 20.1. The first kappa shape index (κ1) is 23.0. The van der Waals surface area contributed by atoms with E-state index in [1.807, 2.05) is 65.0 Å². The van der Waals surface area contributed by atoms with Gasteiger partial charge in [-0.15, -0.1) is 0 Å². The number of aromatic nitrogens is 2. The average molecular weight is 475 g/mol. The van der Waals surface area contributed by atoms with E-state index >= 15 is 0 Å². The molecule has 1 aromatic heterocycles. The van der Waals surface area contributed by atoms with E-state index in [2.05, 4.69) is 5.32 Å². The van der Waals surface area contributed by atoms with Crippen molar-refractivity contribution in [1.29, 1.82) is 0 Å². The van der Waals surface area contributed by atoms with Crippen LogP contribution in [0.5, 0.6) is 11.5 Å². The highest BCUT2D eigenvalue weighted by Crippen LogP contribution is 2.30. The lowest BCUT2D eigenvalue weighted by Crippen LogP contribution is -2.43. The molecule has 35 heavy (non-hydrogen) atoms. The molecule has 2 amide bonds. The maximum absolute atomic E-state index is 13.5. The third-order valence-corrected chi connectivity index (χ3v) is 6.69. The summed E-state index contributed by atoms with van der Waals surface area (Å²) in [7, 11) is 1.64. The standard InChI is InChI=1S/C27H30N4O4/c1-3-28-26(32)25-22-16-30(27(33)20-14-19-8-4-5-10-24(19)35-17-20)12-11-23(22)31(29-25)15-18-7-6-9-21(13-18)34-2/h4-10,13,20H,3,11-12,14-17H2,1-2H3,(H,28,32). The molecule has 3 aromatic rings. The quantitative estimate of drug-likeness (QED) is 0.594. The highest BCUT2D eigenvalue weighted by atomic mass is 16.5. The molecule has 8 nitrogen and oxygen atoms in total. The van der Waals surface area contributed by atoms with E-state index < -0.39 is 0 Å². The van der Waals surface area contributed by atoms with E-state index in [9.17, 15) is 9.59 Å². The Hall–Kier alpha value is -3.81. The molecule has 5 rings (SSSR count). The Labute approximate surface area is 204 Å². The van der Waals surface area contributed by atoms with Crippen molar-refractivity contribution in [2.24, 2.45) is 5.92 Å². The maximum Gasteiger partial charge on any atom is 0.272 e. The first-order valence-corrected chi connectivity index (χ1v) is 12.1. The molecule has 8 heteroatoms. The molecule has 0 radical (unpaired) electrons. The second-order valence-corrected chi connectivity index (χ2v) is 8.97. The van der Waals surface area contributed by atoms with Gasteiger partial charge in [-0.25, -0.2) is 0 Å². The Balaban J connectivity index is 1.39. The fourth-order valence-corrected chi connectivity index (χ4v) is 4.92. The number of carbonyl (C=O) groups excluding carboxylic acids is 2. The molecule has 1 unspecified atom stereocenters. The number of nitrogens with zero attached hydrogens (tertiary/aromatic N) is 3. The number of rotatable bonds is 6. The summed E-state index contributed by atoms with van der Waals surface area (Å²) >= 11 is 0. The van der Waals surface area contributed by atoms with Gasteiger partial charge in [0.2, 0.25) is 5.91 Å². The van der Waals surface area contributed by atoms with Gasteiger partial charge in [0.05, 0.1) is 19.6 Å². The van der Waals surface area contributed by atoms with Gasteiger partial charge < -0.3 is 19.7 Å². The van der Waals surface area contributed by atoms with Crippen LogP contribution < -0.4 is 14.8 Å². The van der Waals surface area contributed by atoms with Crippen molar-refractivity contribution in [1.82, 2.24) is 20.0 Å². The number of nitrogens with one attached hydrogen (secondary N) is 1. The molecule has 1 atom stereocenters. The predicted molar refractivity (Wildman–Crippen MR) is 131 cm³/mol. The molecular formula is C27H30N4O4. The summed E-state index contributed by atoms with van der Waals surface area (Å²) < 4.78 is 13.1. The van der Waals surface area contributed by atoms with Gasteiger partial charge in [-0.1, -0.05) is 30.3 Å². The number of hydrogen-bond donors (Lipinski definition) is 1. The molecule has 0 aliphatic carbocycles. The largest absolute Gasteiger partial charge is 0.497 e. The van der Waals surface area contributed by atoms with Gasteiger partial charge in [0, 0.05) is 37.3 Å². The Kier molecular flexibility index (Phi) is 6.44. The van der Waals surface area contributed by atoms with Gasteiger partial charge in [-0.05, 0) is 42.7 Å². The van der Waals surface area contributed by atoms with Crippen molar-refractivity contribution in [3.63, 3.8) is 0 Å². The number of fused-ring (bicyclic) bond motifs is 2. The number of methoxy groups -OCH3 is 1. The summed E-state index contributed by atoms with van der Waals surface area (Å²) in [5, 5.41) is 7.57. The second-order valence-electron chi connectivity index (χ2n) is 8.97. The zero-order chi connectivity index (χ0) is 24.4. The van der Waals surface area contributed by atoms with Crippen LogP contribution in [0, 0.1) is 5.92 Å².